The van der Waals surface area contributed by atoms with Gasteiger partial charge in [-0.3, -0.25) is 19.8 Å². The van der Waals surface area contributed by atoms with Crippen LogP contribution in [0.3, 0.4) is 0 Å². The van der Waals surface area contributed by atoms with Crippen molar-refractivity contribution in [2.75, 3.05) is 26.0 Å². The van der Waals surface area contributed by atoms with Gasteiger partial charge in [0, 0.05) is 18.7 Å². The highest BCUT2D eigenvalue weighted by molar-refractivity contribution is 5.93. The Morgan fingerprint density at radius 1 is 1.24 bits per heavy atom. The number of likely N-dealkylation sites (N-methyl/N-ethyl adjacent to an activating group) is 1. The molecule has 2 aromatic carbocycles. The third kappa shape index (κ3) is 5.29. The quantitative estimate of drug-likeness (QED) is 0.617. The van der Waals surface area contributed by atoms with E-state index in [9.17, 15) is 14.9 Å². The molecule has 0 aliphatic rings. The van der Waals surface area contributed by atoms with E-state index in [4.69, 9.17) is 4.74 Å². The van der Waals surface area contributed by atoms with Gasteiger partial charge in [0.2, 0.25) is 5.91 Å². The summed E-state index contributed by atoms with van der Waals surface area (Å²) in [6.45, 7) is 2.57. The van der Waals surface area contributed by atoms with Crippen molar-refractivity contribution < 1.29 is 14.5 Å². The van der Waals surface area contributed by atoms with Crippen molar-refractivity contribution in [3.8, 4) is 5.75 Å². The Morgan fingerprint density at radius 2 is 1.92 bits per heavy atom. The van der Waals surface area contributed by atoms with Gasteiger partial charge in [-0.25, -0.2) is 0 Å². The van der Waals surface area contributed by atoms with Crippen molar-refractivity contribution in [2.45, 2.75) is 13.5 Å². The molecule has 0 radical (unpaired) electrons. The number of ether oxygens (including phenoxy) is 1. The van der Waals surface area contributed by atoms with E-state index in [0.717, 1.165) is 16.9 Å². The molecule has 1 N–H and O–H groups in total. The zero-order chi connectivity index (χ0) is 18.4. The zero-order valence-corrected chi connectivity index (χ0v) is 14.5. The molecule has 2 aromatic rings. The number of rotatable bonds is 7. The summed E-state index contributed by atoms with van der Waals surface area (Å²) in [6.07, 6.45) is 0. The van der Waals surface area contributed by atoms with Crippen LogP contribution in [0.25, 0.3) is 0 Å². The lowest BCUT2D eigenvalue weighted by atomic mass is 10.2. The van der Waals surface area contributed by atoms with Crippen LogP contribution < -0.4 is 10.1 Å². The predicted octanol–water partition coefficient (Wildman–Crippen LogP) is 2.98. The average molecular weight is 343 g/mol. The van der Waals surface area contributed by atoms with Gasteiger partial charge in [-0.2, -0.15) is 0 Å². The normalized spacial score (nSPS) is 10.6. The molecule has 7 heteroatoms. The summed E-state index contributed by atoms with van der Waals surface area (Å²) in [6, 6.07) is 12.0. The van der Waals surface area contributed by atoms with E-state index in [1.54, 1.807) is 20.1 Å². The molecule has 0 bridgehead atoms. The molecule has 0 atom stereocenters. The topological polar surface area (TPSA) is 84.7 Å². The van der Waals surface area contributed by atoms with E-state index in [2.05, 4.69) is 5.32 Å². The van der Waals surface area contributed by atoms with Crippen LogP contribution in [0.1, 0.15) is 11.1 Å². The third-order valence-electron chi connectivity index (χ3n) is 3.73. The van der Waals surface area contributed by atoms with E-state index in [1.165, 1.54) is 12.1 Å². The SMILES string of the molecule is COc1ccc(CN(C)CC(=O)Nc2cc([N+](=O)[O-])ccc2C)cc1. The van der Waals surface area contributed by atoms with Gasteiger partial charge in [0.1, 0.15) is 5.75 Å². The second kappa shape index (κ2) is 8.25. The summed E-state index contributed by atoms with van der Waals surface area (Å²) >= 11 is 0. The molecule has 0 aliphatic carbocycles. The summed E-state index contributed by atoms with van der Waals surface area (Å²) in [4.78, 5) is 24.4. The number of nitro groups is 1. The summed E-state index contributed by atoms with van der Waals surface area (Å²) in [5.74, 6) is 0.560. The largest absolute Gasteiger partial charge is 0.497 e. The summed E-state index contributed by atoms with van der Waals surface area (Å²) in [5.41, 5.74) is 2.24. The molecule has 0 fully saturated rings. The highest BCUT2D eigenvalue weighted by atomic mass is 16.6. The Labute approximate surface area is 146 Å². The minimum Gasteiger partial charge on any atom is -0.497 e. The van der Waals surface area contributed by atoms with Crippen LogP contribution in [-0.2, 0) is 11.3 Å². The standard InChI is InChI=1S/C18H21N3O4/c1-13-4-7-15(21(23)24)10-17(13)19-18(22)12-20(2)11-14-5-8-16(25-3)9-6-14/h4-10H,11-12H2,1-3H3,(H,19,22). The van der Waals surface area contributed by atoms with E-state index in [-0.39, 0.29) is 18.1 Å². The average Bonchev–Trinajstić information content (AvgIpc) is 2.57. The number of benzene rings is 2. The Bertz CT molecular complexity index is 759. The van der Waals surface area contributed by atoms with Gasteiger partial charge in [-0.1, -0.05) is 18.2 Å². The lowest BCUT2D eigenvalue weighted by molar-refractivity contribution is -0.384. The Balaban J connectivity index is 1.95. The molecule has 25 heavy (non-hydrogen) atoms. The van der Waals surface area contributed by atoms with Crippen molar-refractivity contribution >= 4 is 17.3 Å². The van der Waals surface area contributed by atoms with Gasteiger partial charge < -0.3 is 10.1 Å². The molecular formula is C18H21N3O4. The van der Waals surface area contributed by atoms with E-state index in [1.807, 2.05) is 36.2 Å². The summed E-state index contributed by atoms with van der Waals surface area (Å²) in [7, 11) is 3.45. The number of aryl methyl sites for hydroxylation is 1. The molecule has 1 amide bonds. The minimum atomic E-state index is -0.481. The number of amides is 1. The van der Waals surface area contributed by atoms with Gasteiger partial charge in [-0.05, 0) is 37.2 Å². The highest BCUT2D eigenvalue weighted by Crippen LogP contribution is 2.21. The first-order valence-corrected chi connectivity index (χ1v) is 7.75. The molecule has 7 nitrogen and oxygen atoms in total. The number of non-ortho nitro benzene ring substituents is 1. The first-order chi connectivity index (χ1) is 11.9. The van der Waals surface area contributed by atoms with Crippen molar-refractivity contribution in [1.82, 2.24) is 4.90 Å². The second-order valence-corrected chi connectivity index (χ2v) is 5.82. The van der Waals surface area contributed by atoms with E-state index in [0.29, 0.717) is 12.2 Å². The number of nitro benzene ring substituents is 1. The maximum Gasteiger partial charge on any atom is 0.271 e. The molecule has 0 saturated heterocycles. The van der Waals surface area contributed by atoms with E-state index >= 15 is 0 Å². The van der Waals surface area contributed by atoms with Gasteiger partial charge in [-0.15, -0.1) is 0 Å². The number of hydrogen-bond acceptors (Lipinski definition) is 5. The number of nitrogens with one attached hydrogen (secondary N) is 1. The Hall–Kier alpha value is -2.93. The van der Waals surface area contributed by atoms with E-state index < -0.39 is 4.92 Å². The molecule has 0 heterocycles. The van der Waals surface area contributed by atoms with Gasteiger partial charge in [0.25, 0.3) is 5.69 Å². The van der Waals surface area contributed by atoms with Crippen molar-refractivity contribution in [1.29, 1.82) is 0 Å². The lowest BCUT2D eigenvalue weighted by Gasteiger charge is -2.17. The summed E-state index contributed by atoms with van der Waals surface area (Å²) in [5, 5.41) is 13.6. The number of hydrogen-bond donors (Lipinski definition) is 1. The van der Waals surface area contributed by atoms with Crippen molar-refractivity contribution in [3.05, 3.63) is 63.7 Å². The molecule has 0 spiro atoms. The van der Waals surface area contributed by atoms with Crippen LogP contribution in [0.2, 0.25) is 0 Å². The van der Waals surface area contributed by atoms with Crippen LogP contribution in [0.4, 0.5) is 11.4 Å². The first-order valence-electron chi connectivity index (χ1n) is 7.75. The molecule has 0 aliphatic heterocycles. The van der Waals surface area contributed by atoms with Crippen LogP contribution in [-0.4, -0.2) is 36.4 Å². The molecule has 132 valence electrons. The maximum atomic E-state index is 12.2. The lowest BCUT2D eigenvalue weighted by Crippen LogP contribution is -2.30. The molecule has 0 aromatic heterocycles. The van der Waals surface area contributed by atoms with Crippen molar-refractivity contribution in [2.24, 2.45) is 0 Å². The second-order valence-electron chi connectivity index (χ2n) is 5.82. The fraction of sp³-hybridized carbons (Fsp3) is 0.278. The fourth-order valence-corrected chi connectivity index (χ4v) is 2.39. The Morgan fingerprint density at radius 3 is 2.52 bits per heavy atom. The number of methoxy groups -OCH3 is 1. The summed E-state index contributed by atoms with van der Waals surface area (Å²) < 4.78 is 5.12. The maximum absolute atomic E-state index is 12.2. The smallest absolute Gasteiger partial charge is 0.271 e. The fourth-order valence-electron chi connectivity index (χ4n) is 2.39. The van der Waals surface area contributed by atoms with Gasteiger partial charge in [0.05, 0.1) is 24.3 Å². The highest BCUT2D eigenvalue weighted by Gasteiger charge is 2.12. The van der Waals surface area contributed by atoms with Crippen LogP contribution in [0, 0.1) is 17.0 Å². The Kier molecular flexibility index (Phi) is 6.08. The van der Waals surface area contributed by atoms with Crippen LogP contribution in [0.5, 0.6) is 5.75 Å². The van der Waals surface area contributed by atoms with Crippen LogP contribution >= 0.6 is 0 Å². The molecule has 2 rings (SSSR count). The van der Waals surface area contributed by atoms with Gasteiger partial charge >= 0.3 is 0 Å². The number of anilines is 1. The monoisotopic (exact) mass is 343 g/mol. The zero-order valence-electron chi connectivity index (χ0n) is 14.5. The minimum absolute atomic E-state index is 0.0486. The molecule has 0 unspecified atom stereocenters. The number of nitrogens with zero attached hydrogens (tertiary/aromatic N) is 2. The molecular weight excluding hydrogens is 322 g/mol. The van der Waals surface area contributed by atoms with Gasteiger partial charge in [0.15, 0.2) is 0 Å². The molecule has 0 saturated carbocycles. The van der Waals surface area contributed by atoms with Crippen molar-refractivity contribution in [3.63, 3.8) is 0 Å². The van der Waals surface area contributed by atoms with Crippen LogP contribution in [0.15, 0.2) is 42.5 Å². The number of carbonyl (C=O) groups is 1. The first kappa shape index (κ1) is 18.4. The predicted molar refractivity (Wildman–Crippen MR) is 95.8 cm³/mol. The number of carbonyl (C=O) groups excluding carboxylic acids is 1. The third-order valence-corrected chi connectivity index (χ3v) is 3.73.